The third-order valence-corrected chi connectivity index (χ3v) is 7.06. The Labute approximate surface area is 207 Å². The molecule has 0 atom stereocenters. The molecule has 170 valence electrons. The minimum Gasteiger partial charge on any atom is -0.377 e. The van der Waals surface area contributed by atoms with Gasteiger partial charge in [0.25, 0.3) is 0 Å². The molecule has 0 radical (unpaired) electrons. The van der Waals surface area contributed by atoms with Gasteiger partial charge in [-0.2, -0.15) is 0 Å². The monoisotopic (exact) mass is 451 g/mol. The summed E-state index contributed by atoms with van der Waals surface area (Å²) >= 11 is 0. The number of fused-ring (bicyclic) bond motifs is 3. The van der Waals surface area contributed by atoms with Crippen LogP contribution >= 0.6 is 0 Å². The van der Waals surface area contributed by atoms with Crippen LogP contribution in [0.15, 0.2) is 115 Å². The van der Waals surface area contributed by atoms with Crippen LogP contribution in [0.25, 0.3) is 32.3 Å². The van der Waals surface area contributed by atoms with E-state index in [0.29, 0.717) is 0 Å². The van der Waals surface area contributed by atoms with Crippen molar-refractivity contribution in [2.75, 3.05) is 19.0 Å². The van der Waals surface area contributed by atoms with Crippen LogP contribution < -0.4 is 4.90 Å². The first-order valence-electron chi connectivity index (χ1n) is 12.3. The molecule has 0 aliphatic heterocycles. The van der Waals surface area contributed by atoms with Gasteiger partial charge in [-0.05, 0) is 67.1 Å². The highest BCUT2D eigenvalue weighted by atomic mass is 15.1. The van der Waals surface area contributed by atoms with Crippen LogP contribution in [-0.2, 0) is 12.8 Å². The summed E-state index contributed by atoms with van der Waals surface area (Å²) in [5.74, 6) is 0. The van der Waals surface area contributed by atoms with Gasteiger partial charge in [0, 0.05) is 26.2 Å². The van der Waals surface area contributed by atoms with E-state index in [9.17, 15) is 0 Å². The molecule has 0 saturated heterocycles. The van der Waals surface area contributed by atoms with Gasteiger partial charge < -0.3 is 4.90 Å². The lowest BCUT2D eigenvalue weighted by Crippen LogP contribution is -2.15. The van der Waals surface area contributed by atoms with E-state index in [4.69, 9.17) is 0 Å². The van der Waals surface area contributed by atoms with Gasteiger partial charge in [-0.15, -0.1) is 0 Å². The molecule has 0 N–H and O–H groups in total. The van der Waals surface area contributed by atoms with E-state index in [1.807, 2.05) is 0 Å². The van der Waals surface area contributed by atoms with Crippen molar-refractivity contribution in [2.45, 2.75) is 12.8 Å². The number of anilines is 1. The summed E-state index contributed by atoms with van der Waals surface area (Å²) in [6.07, 6.45) is 1.82. The topological polar surface area (TPSA) is 3.24 Å². The summed E-state index contributed by atoms with van der Waals surface area (Å²) < 4.78 is 0. The molecule has 0 aromatic heterocycles. The largest absolute Gasteiger partial charge is 0.377 e. The van der Waals surface area contributed by atoms with Crippen molar-refractivity contribution < 1.29 is 0 Å². The Morgan fingerprint density at radius 1 is 0.486 bits per heavy atom. The summed E-state index contributed by atoms with van der Waals surface area (Å²) in [6.45, 7) is 0. The van der Waals surface area contributed by atoms with Crippen molar-refractivity contribution in [2.24, 2.45) is 0 Å². The second kappa shape index (κ2) is 8.92. The van der Waals surface area contributed by atoms with Crippen LogP contribution in [0.5, 0.6) is 0 Å². The second-order valence-electron chi connectivity index (χ2n) is 9.69. The van der Waals surface area contributed by atoms with Gasteiger partial charge in [-0.25, -0.2) is 0 Å². The first kappa shape index (κ1) is 21.4. The Balaban J connectivity index is 1.49. The van der Waals surface area contributed by atoms with Crippen LogP contribution in [0.4, 0.5) is 5.69 Å². The lowest BCUT2D eigenvalue weighted by atomic mass is 9.90. The van der Waals surface area contributed by atoms with E-state index in [-0.39, 0.29) is 0 Å². The molecule has 6 aromatic carbocycles. The van der Waals surface area contributed by atoms with Crippen LogP contribution in [-0.4, -0.2) is 14.1 Å². The molecule has 1 nitrogen and oxygen atoms in total. The quantitative estimate of drug-likeness (QED) is 0.254. The van der Waals surface area contributed by atoms with Crippen molar-refractivity contribution in [1.29, 1.82) is 0 Å². The maximum Gasteiger partial charge on any atom is 0.0439 e. The summed E-state index contributed by atoms with van der Waals surface area (Å²) in [5.41, 5.74) is 6.81. The van der Waals surface area contributed by atoms with E-state index in [1.165, 1.54) is 60.3 Å². The van der Waals surface area contributed by atoms with Crippen LogP contribution in [0, 0.1) is 0 Å². The summed E-state index contributed by atoms with van der Waals surface area (Å²) in [5, 5.41) is 7.83. The lowest BCUT2D eigenvalue weighted by Gasteiger charge is -2.24. The highest BCUT2D eigenvalue weighted by Crippen LogP contribution is 2.36. The van der Waals surface area contributed by atoms with E-state index < -0.39 is 0 Å². The van der Waals surface area contributed by atoms with Crippen molar-refractivity contribution in [3.05, 3.63) is 138 Å². The zero-order chi connectivity index (χ0) is 23.8. The van der Waals surface area contributed by atoms with Gasteiger partial charge in [-0.3, -0.25) is 0 Å². The minimum atomic E-state index is 0.907. The molecule has 0 fully saturated rings. The average Bonchev–Trinajstić information content (AvgIpc) is 2.88. The molecular weight excluding hydrogens is 422 g/mol. The summed E-state index contributed by atoms with van der Waals surface area (Å²) in [4.78, 5) is 2.30. The molecule has 0 aliphatic carbocycles. The Hall–Kier alpha value is -4.10. The van der Waals surface area contributed by atoms with Gasteiger partial charge in [0.05, 0.1) is 0 Å². The SMILES string of the molecule is CN(C)c1c(Cc2ccc3ccccc3c2)cc2ccccc2c1Cc1ccc2ccccc2c1. The molecule has 35 heavy (non-hydrogen) atoms. The average molecular weight is 452 g/mol. The molecule has 0 saturated carbocycles. The van der Waals surface area contributed by atoms with Crippen molar-refractivity contribution in [1.82, 2.24) is 0 Å². The molecule has 0 bridgehead atoms. The second-order valence-corrected chi connectivity index (χ2v) is 9.69. The Kier molecular flexibility index (Phi) is 5.47. The molecule has 0 amide bonds. The maximum absolute atomic E-state index is 2.39. The van der Waals surface area contributed by atoms with Crippen molar-refractivity contribution >= 4 is 38.0 Å². The fourth-order valence-corrected chi connectivity index (χ4v) is 5.47. The number of rotatable bonds is 5. The molecule has 0 unspecified atom stereocenters. The Bertz CT molecular complexity index is 1680. The number of hydrogen-bond acceptors (Lipinski definition) is 1. The normalized spacial score (nSPS) is 11.4. The maximum atomic E-state index is 2.39. The van der Waals surface area contributed by atoms with Gasteiger partial charge in [0.15, 0.2) is 0 Å². The van der Waals surface area contributed by atoms with Gasteiger partial charge in [-0.1, -0.05) is 109 Å². The van der Waals surface area contributed by atoms with Gasteiger partial charge >= 0.3 is 0 Å². The zero-order valence-electron chi connectivity index (χ0n) is 20.3. The van der Waals surface area contributed by atoms with E-state index in [0.717, 1.165) is 12.8 Å². The highest BCUT2D eigenvalue weighted by Gasteiger charge is 2.16. The first-order valence-corrected chi connectivity index (χ1v) is 12.3. The Morgan fingerprint density at radius 3 is 1.60 bits per heavy atom. The highest BCUT2D eigenvalue weighted by molar-refractivity contribution is 5.93. The fourth-order valence-electron chi connectivity index (χ4n) is 5.47. The van der Waals surface area contributed by atoms with Gasteiger partial charge in [0.2, 0.25) is 0 Å². The molecule has 0 spiro atoms. The van der Waals surface area contributed by atoms with Crippen molar-refractivity contribution in [3.63, 3.8) is 0 Å². The predicted octanol–water partition coefficient (Wildman–Crippen LogP) is 8.39. The smallest absolute Gasteiger partial charge is 0.0439 e. The fraction of sp³-hybridized carbons (Fsp3) is 0.118. The van der Waals surface area contributed by atoms with Gasteiger partial charge in [0.1, 0.15) is 0 Å². The van der Waals surface area contributed by atoms with Crippen LogP contribution in [0.2, 0.25) is 0 Å². The third-order valence-electron chi connectivity index (χ3n) is 7.06. The standard InChI is InChI=1S/C34H29N/c1-35(2)34-31(21-24-15-17-26-9-3-5-11-28(26)19-24)23-30-13-7-8-14-32(30)33(34)22-25-16-18-27-10-4-6-12-29(27)20-25/h3-20,23H,21-22H2,1-2H3. The summed E-state index contributed by atoms with van der Waals surface area (Å²) in [6, 6.07) is 42.2. The van der Waals surface area contributed by atoms with Crippen LogP contribution in [0.3, 0.4) is 0 Å². The minimum absolute atomic E-state index is 0.907. The van der Waals surface area contributed by atoms with Crippen molar-refractivity contribution in [3.8, 4) is 0 Å². The van der Waals surface area contributed by atoms with Crippen LogP contribution in [0.1, 0.15) is 22.3 Å². The lowest BCUT2D eigenvalue weighted by molar-refractivity contribution is 1.05. The summed E-state index contributed by atoms with van der Waals surface area (Å²) in [7, 11) is 4.36. The number of hydrogen-bond donors (Lipinski definition) is 0. The molecule has 6 aromatic rings. The van der Waals surface area contributed by atoms with E-state index in [2.05, 4.69) is 134 Å². The number of benzene rings is 6. The van der Waals surface area contributed by atoms with E-state index in [1.54, 1.807) is 0 Å². The molecule has 0 heterocycles. The molecule has 6 rings (SSSR count). The number of nitrogens with zero attached hydrogens (tertiary/aromatic N) is 1. The third kappa shape index (κ3) is 4.15. The Morgan fingerprint density at radius 2 is 1.00 bits per heavy atom. The molecular formula is C34H29N. The predicted molar refractivity (Wildman–Crippen MR) is 152 cm³/mol. The molecule has 1 heteroatoms. The molecule has 0 aliphatic rings. The first-order chi connectivity index (χ1) is 17.2. The zero-order valence-corrected chi connectivity index (χ0v) is 20.3. The van der Waals surface area contributed by atoms with E-state index >= 15 is 0 Å².